The number of benzene rings is 1. The lowest BCUT2D eigenvalue weighted by molar-refractivity contribution is -0.127. The summed E-state index contributed by atoms with van der Waals surface area (Å²) in [5, 5.41) is 45.5. The van der Waals surface area contributed by atoms with Gasteiger partial charge in [0.2, 0.25) is 11.5 Å². The number of ether oxygens (including phenoxy) is 3. The fraction of sp³-hybridized carbons (Fsp3) is 0.523. The van der Waals surface area contributed by atoms with Gasteiger partial charge in [-0.3, -0.25) is 9.59 Å². The van der Waals surface area contributed by atoms with E-state index in [2.05, 4.69) is 44.3 Å². The molecular formula is C44H61NO10. The third kappa shape index (κ3) is 13.7. The predicted molar refractivity (Wildman–Crippen MR) is 214 cm³/mol. The van der Waals surface area contributed by atoms with Gasteiger partial charge < -0.3 is 40.0 Å². The van der Waals surface area contributed by atoms with Gasteiger partial charge in [-0.15, -0.1) is 0 Å². The summed E-state index contributed by atoms with van der Waals surface area (Å²) in [7, 11) is 2.85. The number of aliphatic hydroxyl groups excluding tert-OH is 3. The first-order valence-corrected chi connectivity index (χ1v) is 19.2. The second kappa shape index (κ2) is 22.2. The Labute approximate surface area is 326 Å². The molecule has 0 saturated heterocycles. The molecule has 0 radical (unpaired) electrons. The molecule has 5 N–H and O–H groups in total. The maximum atomic E-state index is 13.2. The predicted octanol–water partition coefficient (Wildman–Crippen LogP) is 7.27. The number of phenolic OH excluding ortho intramolecular Hbond substituents is 1. The Morgan fingerprint density at radius 3 is 2.20 bits per heavy atom. The molecule has 1 unspecified atom stereocenters. The molecule has 0 bridgehead atoms. The minimum Gasteiger partial charge on any atom is -0.507 e. The van der Waals surface area contributed by atoms with Crippen LogP contribution >= 0.6 is 0 Å². The first kappa shape index (κ1) is 44.9. The molecule has 0 fully saturated rings. The molecule has 2 aliphatic rings. The Kier molecular flexibility index (Phi) is 18.1. The summed E-state index contributed by atoms with van der Waals surface area (Å²) < 4.78 is 16.0. The number of hydrogen-bond donors (Lipinski definition) is 5. The molecule has 1 aromatic rings. The molecule has 0 aromatic heterocycles. The normalized spacial score (nSPS) is 25.9. The van der Waals surface area contributed by atoms with Crippen LogP contribution in [0.4, 0.5) is 5.69 Å². The van der Waals surface area contributed by atoms with Gasteiger partial charge in [-0.2, -0.15) is 0 Å². The maximum absolute atomic E-state index is 13.2. The van der Waals surface area contributed by atoms with Gasteiger partial charge in [0, 0.05) is 36.6 Å². The average Bonchev–Trinajstić information content (AvgIpc) is 3.14. The number of rotatable bonds is 15. The summed E-state index contributed by atoms with van der Waals surface area (Å²) in [6, 6.07) is 3.22. The SMILES string of the molecule is COC1=C(OC)[C@H](O)[C@H](C/C=C(\C)CC/C=C(\C)CC/C=C(\C)CCCNc2cc(O)c3c(c2)/C=C/C[C@H](O)[C@H](O)C(=O)/C=C\C(C)[C@H](C)OC3=O)CC1=O. The lowest BCUT2D eigenvalue weighted by Crippen LogP contribution is -2.33. The minimum atomic E-state index is -1.59. The van der Waals surface area contributed by atoms with Crippen molar-refractivity contribution in [2.75, 3.05) is 26.1 Å². The number of esters is 1. The fourth-order valence-electron chi connectivity index (χ4n) is 6.51. The molecule has 1 aromatic carbocycles. The number of methoxy groups -OCH3 is 2. The van der Waals surface area contributed by atoms with Gasteiger partial charge in [0.05, 0.1) is 20.3 Å². The van der Waals surface area contributed by atoms with Gasteiger partial charge in [0.15, 0.2) is 11.5 Å². The first-order chi connectivity index (χ1) is 26.2. The van der Waals surface area contributed by atoms with Gasteiger partial charge in [0.25, 0.3) is 0 Å². The standard InChI is InChI=1S/C44H61NO10/c1-27(13-9-15-29(3)19-21-33-25-38(49)42(53-6)43(54-7)40(33)50)12-8-14-28(2)16-11-23-45-34-24-32-17-10-18-35(46)41(51)36(47)22-20-30(4)31(5)55-44(52)39(32)37(48)26-34/h10,13-14,17,19-20,22,24,26,30-31,33,35,40-41,45-46,48,50-51H,8-9,11-12,15-16,18,21,23,25H2,1-7H3/b17-10+,22-20-,27-13+,28-14+,29-19+/t30?,31-,33+,35-,40+,41-/m0/s1. The highest BCUT2D eigenvalue weighted by Crippen LogP contribution is 2.32. The zero-order valence-corrected chi connectivity index (χ0v) is 33.5. The molecule has 0 saturated carbocycles. The van der Waals surface area contributed by atoms with Crippen molar-refractivity contribution in [3.05, 3.63) is 88.0 Å². The smallest absolute Gasteiger partial charge is 0.342 e. The quantitative estimate of drug-likeness (QED) is 0.0691. The van der Waals surface area contributed by atoms with Gasteiger partial charge in [-0.1, -0.05) is 60.1 Å². The van der Waals surface area contributed by atoms with Crippen molar-refractivity contribution in [1.82, 2.24) is 0 Å². The molecule has 11 heteroatoms. The summed E-state index contributed by atoms with van der Waals surface area (Å²) in [4.78, 5) is 37.8. The van der Waals surface area contributed by atoms with Crippen LogP contribution in [0.1, 0.15) is 108 Å². The van der Waals surface area contributed by atoms with E-state index in [9.17, 15) is 34.8 Å². The molecule has 55 heavy (non-hydrogen) atoms. The minimum absolute atomic E-state index is 0.00207. The Morgan fingerprint density at radius 2 is 1.55 bits per heavy atom. The zero-order chi connectivity index (χ0) is 40.7. The third-order valence-corrected chi connectivity index (χ3v) is 10.3. The largest absolute Gasteiger partial charge is 0.507 e. The van der Waals surface area contributed by atoms with E-state index >= 15 is 0 Å². The number of Topliss-reactive ketones (excluding diaryl/α,β-unsaturated/α-hetero) is 1. The number of cyclic esters (lactones) is 1. The summed E-state index contributed by atoms with van der Waals surface area (Å²) in [5.41, 5.74) is 4.83. The molecule has 302 valence electrons. The van der Waals surface area contributed by atoms with Crippen LogP contribution in [0.3, 0.4) is 0 Å². The van der Waals surface area contributed by atoms with Crippen LogP contribution in [0.25, 0.3) is 6.08 Å². The highest BCUT2D eigenvalue weighted by Gasteiger charge is 2.36. The second-order valence-corrected chi connectivity index (χ2v) is 14.8. The van der Waals surface area contributed by atoms with Crippen LogP contribution in [0, 0.1) is 11.8 Å². The number of aliphatic hydroxyl groups is 3. The van der Waals surface area contributed by atoms with Crippen molar-refractivity contribution < 1.29 is 49.0 Å². The number of carbonyl (C=O) groups is 3. The number of carbonyl (C=O) groups excluding carboxylic acids is 3. The second-order valence-electron chi connectivity index (χ2n) is 14.8. The Hall–Kier alpha value is -4.45. The molecular weight excluding hydrogens is 702 g/mol. The van der Waals surface area contributed by atoms with Crippen LogP contribution in [-0.2, 0) is 23.8 Å². The zero-order valence-electron chi connectivity index (χ0n) is 33.5. The van der Waals surface area contributed by atoms with Crippen molar-refractivity contribution in [2.24, 2.45) is 11.8 Å². The van der Waals surface area contributed by atoms with Crippen molar-refractivity contribution in [1.29, 1.82) is 0 Å². The van der Waals surface area contributed by atoms with E-state index in [1.807, 2.05) is 0 Å². The monoisotopic (exact) mass is 763 g/mol. The van der Waals surface area contributed by atoms with Crippen molar-refractivity contribution in [3.8, 4) is 5.75 Å². The molecule has 1 heterocycles. The van der Waals surface area contributed by atoms with Crippen LogP contribution in [0.15, 0.2) is 76.8 Å². The maximum Gasteiger partial charge on any atom is 0.342 e. The number of allylic oxidation sites excluding steroid dienone is 7. The highest BCUT2D eigenvalue weighted by atomic mass is 16.5. The molecule has 1 aliphatic carbocycles. The van der Waals surface area contributed by atoms with E-state index in [-0.39, 0.29) is 53.3 Å². The van der Waals surface area contributed by atoms with Crippen LogP contribution < -0.4 is 5.32 Å². The number of phenols is 1. The van der Waals surface area contributed by atoms with Gasteiger partial charge >= 0.3 is 5.97 Å². The molecule has 1 aliphatic heterocycles. The summed E-state index contributed by atoms with van der Waals surface area (Å²) in [6.45, 7) is 10.4. The average molecular weight is 764 g/mol. The highest BCUT2D eigenvalue weighted by molar-refractivity contribution is 5.98. The summed E-state index contributed by atoms with van der Waals surface area (Å²) >= 11 is 0. The van der Waals surface area contributed by atoms with E-state index in [4.69, 9.17) is 14.2 Å². The van der Waals surface area contributed by atoms with Crippen LogP contribution in [-0.4, -0.2) is 83.1 Å². The fourth-order valence-corrected chi connectivity index (χ4v) is 6.51. The molecule has 0 amide bonds. The first-order valence-electron chi connectivity index (χ1n) is 19.2. The van der Waals surface area contributed by atoms with Gasteiger partial charge in [0.1, 0.15) is 29.6 Å². The Bertz CT molecular complexity index is 1680. The molecule has 0 spiro atoms. The lowest BCUT2D eigenvalue weighted by Gasteiger charge is -2.29. The number of anilines is 1. The molecule has 3 rings (SSSR count). The number of hydrogen-bond acceptors (Lipinski definition) is 11. The van der Waals surface area contributed by atoms with Crippen LogP contribution in [0.2, 0.25) is 0 Å². The number of ketones is 2. The number of fused-ring (bicyclic) bond motifs is 1. The van der Waals surface area contributed by atoms with E-state index in [1.165, 1.54) is 49.2 Å². The Morgan fingerprint density at radius 1 is 0.891 bits per heavy atom. The van der Waals surface area contributed by atoms with Crippen LogP contribution in [0.5, 0.6) is 5.75 Å². The molecule has 6 atom stereocenters. The molecule has 11 nitrogen and oxygen atoms in total. The summed E-state index contributed by atoms with van der Waals surface area (Å²) in [5.74, 6) is -2.00. The van der Waals surface area contributed by atoms with Gasteiger partial charge in [-0.25, -0.2) is 4.79 Å². The van der Waals surface area contributed by atoms with E-state index < -0.39 is 36.2 Å². The Balaban J connectivity index is 1.48. The van der Waals surface area contributed by atoms with E-state index in [0.717, 1.165) is 38.5 Å². The van der Waals surface area contributed by atoms with E-state index in [1.54, 1.807) is 32.1 Å². The number of aromatic hydroxyl groups is 1. The summed E-state index contributed by atoms with van der Waals surface area (Å²) in [6.07, 6.45) is 14.3. The van der Waals surface area contributed by atoms with Crippen molar-refractivity contribution >= 4 is 29.3 Å². The number of nitrogens with one attached hydrogen (secondary N) is 1. The lowest BCUT2D eigenvalue weighted by atomic mass is 9.85. The van der Waals surface area contributed by atoms with Gasteiger partial charge in [-0.05, 0) is 96.8 Å². The third-order valence-electron chi connectivity index (χ3n) is 10.3. The topological polar surface area (TPSA) is 172 Å². The van der Waals surface area contributed by atoms with Crippen molar-refractivity contribution in [3.63, 3.8) is 0 Å². The van der Waals surface area contributed by atoms with Crippen molar-refractivity contribution in [2.45, 2.75) is 117 Å². The van der Waals surface area contributed by atoms with E-state index in [0.29, 0.717) is 24.2 Å².